The van der Waals surface area contributed by atoms with Crippen LogP contribution in [0.2, 0.25) is 0 Å². The number of nitrogens with zero attached hydrogens (tertiary/aromatic N) is 5. The minimum Gasteiger partial charge on any atom is -0.406 e. The molecule has 12 heteroatoms. The zero-order valence-electron chi connectivity index (χ0n) is 19.3. The number of alkyl halides is 3. The molecule has 0 saturated heterocycles. The summed E-state index contributed by atoms with van der Waals surface area (Å²) < 4.78 is 44.0. The van der Waals surface area contributed by atoms with Crippen LogP contribution < -0.4 is 21.2 Å². The number of fused-ring (bicyclic) bond motifs is 1. The molecule has 2 aromatic heterocycles. The lowest BCUT2D eigenvalue weighted by Gasteiger charge is -2.21. The minimum absolute atomic E-state index is 0.214. The van der Waals surface area contributed by atoms with Crippen LogP contribution in [0.1, 0.15) is 24.0 Å². The molecule has 0 atom stereocenters. The maximum atomic E-state index is 13.2. The highest BCUT2D eigenvalue weighted by Gasteiger charge is 2.31. The van der Waals surface area contributed by atoms with E-state index in [0.717, 1.165) is 35.2 Å². The van der Waals surface area contributed by atoms with Crippen LogP contribution >= 0.6 is 0 Å². The molecule has 1 N–H and O–H groups in total. The highest BCUT2D eigenvalue weighted by molar-refractivity contribution is 5.59. The van der Waals surface area contributed by atoms with E-state index in [4.69, 9.17) is 0 Å². The Morgan fingerprint density at radius 2 is 1.74 bits per heavy atom. The summed E-state index contributed by atoms with van der Waals surface area (Å²) in [5.74, 6) is -0.0570. The average molecular weight is 490 g/mol. The lowest BCUT2D eigenvalue weighted by Crippen LogP contribution is -2.31. The Hall–Kier alpha value is -3.67. The number of benzene rings is 1. The fourth-order valence-corrected chi connectivity index (χ4v) is 3.93. The predicted molar refractivity (Wildman–Crippen MR) is 123 cm³/mol. The van der Waals surface area contributed by atoms with Crippen LogP contribution in [0.15, 0.2) is 46.4 Å². The number of aromatic nitrogens is 4. The number of rotatable bonds is 7. The van der Waals surface area contributed by atoms with Gasteiger partial charge in [-0.1, -0.05) is 0 Å². The van der Waals surface area contributed by atoms with Crippen molar-refractivity contribution in [1.82, 2.24) is 24.2 Å². The highest BCUT2D eigenvalue weighted by Crippen LogP contribution is 2.27. The molecule has 0 unspecified atom stereocenters. The molecule has 2 heterocycles. The fourth-order valence-electron chi connectivity index (χ4n) is 3.93. The summed E-state index contributed by atoms with van der Waals surface area (Å²) in [6.07, 6.45) is 0.914. The van der Waals surface area contributed by atoms with E-state index in [1.165, 1.54) is 29.2 Å². The van der Waals surface area contributed by atoms with Crippen molar-refractivity contribution >= 4 is 11.5 Å². The number of hydrogen-bond donors (Lipinski definition) is 1. The van der Waals surface area contributed by atoms with Gasteiger partial charge in [0.2, 0.25) is 0 Å². The van der Waals surface area contributed by atoms with Crippen LogP contribution in [0, 0.1) is 0 Å². The van der Waals surface area contributed by atoms with Crippen molar-refractivity contribution in [3.8, 4) is 11.4 Å². The summed E-state index contributed by atoms with van der Waals surface area (Å²) in [5.41, 5.74) is 1.17. The number of nitrogens with one attached hydrogen (secondary N) is 1. The standard InChI is InChI=1S/C23H25F3N6O3/c1-30(2)11-12-31-14-27-13-19(22(31)34)28-20-17-5-3-4-6-18(17)21(33)32(29-20)15-7-9-16(10-8-15)35-23(24,25)26/h7-10,13-14H,3-6,11-12H2,1-2H3,(H,28,29). The summed E-state index contributed by atoms with van der Waals surface area (Å²) in [7, 11) is 3.81. The zero-order valence-corrected chi connectivity index (χ0v) is 19.3. The Morgan fingerprint density at radius 1 is 1.06 bits per heavy atom. The van der Waals surface area contributed by atoms with Gasteiger partial charge >= 0.3 is 6.36 Å². The van der Waals surface area contributed by atoms with Crippen molar-refractivity contribution in [3.05, 3.63) is 68.6 Å². The Morgan fingerprint density at radius 3 is 2.40 bits per heavy atom. The van der Waals surface area contributed by atoms with E-state index in [2.05, 4.69) is 20.1 Å². The fraction of sp³-hybridized carbons (Fsp3) is 0.391. The van der Waals surface area contributed by atoms with E-state index in [0.29, 0.717) is 37.3 Å². The van der Waals surface area contributed by atoms with Gasteiger partial charge in [-0.05, 0) is 64.0 Å². The third-order valence-corrected chi connectivity index (χ3v) is 5.66. The second-order valence-corrected chi connectivity index (χ2v) is 8.51. The molecule has 0 bridgehead atoms. The van der Waals surface area contributed by atoms with Crippen molar-refractivity contribution in [3.63, 3.8) is 0 Å². The molecule has 4 rings (SSSR count). The Balaban J connectivity index is 1.73. The first kappa shape index (κ1) is 24.5. The SMILES string of the molecule is CN(C)CCn1cncc(Nc2nn(-c3ccc(OC(F)(F)F)cc3)c(=O)c3c2CCCC3)c1=O. The predicted octanol–water partition coefficient (Wildman–Crippen LogP) is 2.87. The quantitative estimate of drug-likeness (QED) is 0.544. The van der Waals surface area contributed by atoms with E-state index in [1.807, 2.05) is 19.0 Å². The molecule has 0 aliphatic heterocycles. The van der Waals surface area contributed by atoms with Gasteiger partial charge in [-0.15, -0.1) is 18.3 Å². The van der Waals surface area contributed by atoms with Crippen LogP contribution in [0.3, 0.4) is 0 Å². The van der Waals surface area contributed by atoms with Crippen molar-refractivity contribution in [2.75, 3.05) is 26.0 Å². The number of ether oxygens (including phenoxy) is 1. The Kier molecular flexibility index (Phi) is 6.92. The molecule has 0 fully saturated rings. The molecule has 1 aromatic carbocycles. The van der Waals surface area contributed by atoms with E-state index in [-0.39, 0.29) is 22.5 Å². The Labute approximate surface area is 198 Å². The minimum atomic E-state index is -4.82. The third kappa shape index (κ3) is 5.70. The zero-order chi connectivity index (χ0) is 25.2. The molecule has 9 nitrogen and oxygen atoms in total. The maximum Gasteiger partial charge on any atom is 0.573 e. The number of likely N-dealkylation sites (N-methyl/N-ethyl adjacent to an activating group) is 1. The monoisotopic (exact) mass is 490 g/mol. The molecule has 1 aliphatic carbocycles. The van der Waals surface area contributed by atoms with Gasteiger partial charge in [-0.2, -0.15) is 4.68 Å². The van der Waals surface area contributed by atoms with Gasteiger partial charge in [0.15, 0.2) is 5.82 Å². The van der Waals surface area contributed by atoms with Crippen LogP contribution in [0.4, 0.5) is 24.7 Å². The molecular formula is C23H25F3N6O3. The van der Waals surface area contributed by atoms with Gasteiger partial charge < -0.3 is 15.0 Å². The molecule has 186 valence electrons. The van der Waals surface area contributed by atoms with E-state index in [1.54, 1.807) is 0 Å². The normalized spacial score (nSPS) is 13.5. The van der Waals surface area contributed by atoms with Gasteiger partial charge in [-0.3, -0.25) is 14.2 Å². The summed E-state index contributed by atoms with van der Waals surface area (Å²) in [5, 5.41) is 7.50. The van der Waals surface area contributed by atoms with Gasteiger partial charge in [0.1, 0.15) is 11.4 Å². The average Bonchev–Trinajstić information content (AvgIpc) is 2.81. The van der Waals surface area contributed by atoms with Crippen molar-refractivity contribution in [2.45, 2.75) is 38.6 Å². The summed E-state index contributed by atoms with van der Waals surface area (Å²) in [4.78, 5) is 32.2. The number of anilines is 2. The van der Waals surface area contributed by atoms with Gasteiger partial charge in [-0.25, -0.2) is 4.98 Å². The van der Waals surface area contributed by atoms with Crippen LogP contribution in [0.25, 0.3) is 5.69 Å². The smallest absolute Gasteiger partial charge is 0.406 e. The Bertz CT molecular complexity index is 1320. The lowest BCUT2D eigenvalue weighted by atomic mass is 9.93. The molecular weight excluding hydrogens is 465 g/mol. The maximum absolute atomic E-state index is 13.2. The van der Waals surface area contributed by atoms with E-state index >= 15 is 0 Å². The molecule has 0 amide bonds. The van der Waals surface area contributed by atoms with Crippen molar-refractivity contribution in [1.29, 1.82) is 0 Å². The van der Waals surface area contributed by atoms with Gasteiger partial charge in [0.05, 0.1) is 18.2 Å². The molecule has 1 aliphatic rings. The van der Waals surface area contributed by atoms with Crippen LogP contribution in [-0.4, -0.2) is 51.2 Å². The molecule has 0 saturated carbocycles. The molecule has 0 spiro atoms. The van der Waals surface area contributed by atoms with Crippen LogP contribution in [-0.2, 0) is 19.4 Å². The van der Waals surface area contributed by atoms with E-state index < -0.39 is 12.1 Å². The summed E-state index contributed by atoms with van der Waals surface area (Å²) in [6, 6.07) is 4.89. The molecule has 3 aromatic rings. The second kappa shape index (κ2) is 9.90. The molecule has 35 heavy (non-hydrogen) atoms. The first-order valence-electron chi connectivity index (χ1n) is 11.1. The van der Waals surface area contributed by atoms with Crippen LogP contribution in [0.5, 0.6) is 5.75 Å². The molecule has 0 radical (unpaired) electrons. The summed E-state index contributed by atoms with van der Waals surface area (Å²) in [6.45, 7) is 1.10. The van der Waals surface area contributed by atoms with Gasteiger partial charge in [0.25, 0.3) is 11.1 Å². The largest absolute Gasteiger partial charge is 0.573 e. The second-order valence-electron chi connectivity index (χ2n) is 8.51. The third-order valence-electron chi connectivity index (χ3n) is 5.66. The van der Waals surface area contributed by atoms with Crippen molar-refractivity contribution in [2.24, 2.45) is 0 Å². The topological polar surface area (TPSA) is 94.3 Å². The first-order chi connectivity index (χ1) is 16.6. The first-order valence-corrected chi connectivity index (χ1v) is 11.1. The van der Waals surface area contributed by atoms with E-state index in [9.17, 15) is 22.8 Å². The highest BCUT2D eigenvalue weighted by atomic mass is 19.4. The number of hydrogen-bond acceptors (Lipinski definition) is 7. The number of halogens is 3. The summed E-state index contributed by atoms with van der Waals surface area (Å²) >= 11 is 0. The van der Waals surface area contributed by atoms with Gasteiger partial charge in [0, 0.05) is 24.2 Å². The lowest BCUT2D eigenvalue weighted by molar-refractivity contribution is -0.274. The van der Waals surface area contributed by atoms with Crippen molar-refractivity contribution < 1.29 is 17.9 Å².